The molecule has 4 aliphatic carbocycles. The highest BCUT2D eigenvalue weighted by Gasteiger charge is 2.52. The van der Waals surface area contributed by atoms with Crippen LogP contribution in [-0.4, -0.2) is 18.4 Å². The summed E-state index contributed by atoms with van der Waals surface area (Å²) >= 11 is 0. The first-order chi connectivity index (χ1) is 17.5. The van der Waals surface area contributed by atoms with E-state index in [0.29, 0.717) is 5.75 Å². The number of hydrogen-bond acceptors (Lipinski definition) is 3. The molecule has 0 aromatic heterocycles. The Morgan fingerprint density at radius 3 is 2.28 bits per heavy atom. The highest BCUT2D eigenvalue weighted by atomic mass is 16.5. The van der Waals surface area contributed by atoms with Gasteiger partial charge in [0.1, 0.15) is 11.5 Å². The zero-order valence-electron chi connectivity index (χ0n) is 21.8. The van der Waals surface area contributed by atoms with Crippen molar-refractivity contribution in [2.75, 3.05) is 7.11 Å². The molecule has 0 saturated heterocycles. The van der Waals surface area contributed by atoms with Gasteiger partial charge in [0.25, 0.3) is 0 Å². The van der Waals surface area contributed by atoms with Gasteiger partial charge in [-0.15, -0.1) is 0 Å². The molecule has 4 saturated carbocycles. The quantitative estimate of drug-likeness (QED) is 0.362. The Bertz CT molecular complexity index is 1290. The second kappa shape index (κ2) is 9.10. The lowest BCUT2D eigenvalue weighted by Crippen LogP contribution is -2.48. The second-order valence-corrected chi connectivity index (χ2v) is 11.6. The van der Waals surface area contributed by atoms with Crippen molar-refractivity contribution in [2.24, 2.45) is 22.7 Å². The van der Waals surface area contributed by atoms with Gasteiger partial charge in [0, 0.05) is 28.5 Å². The molecule has 36 heavy (non-hydrogen) atoms. The summed E-state index contributed by atoms with van der Waals surface area (Å²) in [5.74, 6) is 3.87. The summed E-state index contributed by atoms with van der Waals surface area (Å²) in [7, 11) is 1.74. The van der Waals surface area contributed by atoms with Crippen LogP contribution in [0, 0.1) is 24.7 Å². The molecule has 186 valence electrons. The van der Waals surface area contributed by atoms with Gasteiger partial charge < -0.3 is 9.84 Å². The third-order valence-corrected chi connectivity index (χ3v) is 9.11. The number of hydrogen-bond donors (Lipinski definition) is 1. The summed E-state index contributed by atoms with van der Waals surface area (Å²) in [6, 6.07) is 18.8. The molecule has 4 fully saturated rings. The van der Waals surface area contributed by atoms with Crippen LogP contribution in [0.25, 0.3) is 11.1 Å². The molecule has 0 aliphatic heterocycles. The molecule has 0 radical (unpaired) electrons. The molecule has 3 aromatic carbocycles. The normalized spacial score (nSPS) is 26.6. The van der Waals surface area contributed by atoms with Crippen LogP contribution >= 0.6 is 0 Å². The van der Waals surface area contributed by atoms with Crippen molar-refractivity contribution in [1.82, 2.24) is 0 Å². The zero-order valence-corrected chi connectivity index (χ0v) is 21.8. The van der Waals surface area contributed by atoms with Crippen LogP contribution in [0.5, 0.6) is 11.5 Å². The fourth-order valence-corrected chi connectivity index (χ4v) is 8.02. The average molecular weight is 480 g/mol. The molecule has 4 bridgehead atoms. The minimum Gasteiger partial charge on any atom is -0.507 e. The Kier molecular flexibility index (Phi) is 5.90. The number of para-hydroxylation sites is 2. The van der Waals surface area contributed by atoms with Crippen LogP contribution in [0.3, 0.4) is 0 Å². The maximum atomic E-state index is 11.6. The van der Waals surface area contributed by atoms with E-state index in [4.69, 9.17) is 9.73 Å². The van der Waals surface area contributed by atoms with E-state index in [-0.39, 0.29) is 5.41 Å². The van der Waals surface area contributed by atoms with Crippen LogP contribution in [-0.2, 0) is 11.8 Å². The number of benzene rings is 3. The number of phenols is 1. The molecule has 1 N–H and O–H groups in total. The predicted octanol–water partition coefficient (Wildman–Crippen LogP) is 8.16. The summed E-state index contributed by atoms with van der Waals surface area (Å²) < 4.78 is 5.82. The fraction of sp³-hybridized carbons (Fsp3) is 0.424. The van der Waals surface area contributed by atoms with Gasteiger partial charge in [0.05, 0.1) is 12.8 Å². The maximum Gasteiger partial charge on any atom is 0.129 e. The Morgan fingerprint density at radius 2 is 1.61 bits per heavy atom. The topological polar surface area (TPSA) is 41.8 Å². The largest absolute Gasteiger partial charge is 0.507 e. The smallest absolute Gasteiger partial charge is 0.129 e. The van der Waals surface area contributed by atoms with Crippen LogP contribution in [0.4, 0.5) is 5.69 Å². The molecule has 4 aliphatic rings. The van der Waals surface area contributed by atoms with Crippen LogP contribution in [0.15, 0.2) is 59.6 Å². The SMILES string of the molecule is CCc1cccc(-c2ccccc2N=Cc2cc(C)cc(C34CC5CC(CC(C5)C3)C4)c2O)c1OC. The highest BCUT2D eigenvalue weighted by Crippen LogP contribution is 2.62. The second-order valence-electron chi connectivity index (χ2n) is 11.6. The molecule has 3 aromatic rings. The van der Waals surface area contributed by atoms with Gasteiger partial charge in [-0.3, -0.25) is 4.99 Å². The van der Waals surface area contributed by atoms with Crippen molar-refractivity contribution < 1.29 is 9.84 Å². The van der Waals surface area contributed by atoms with E-state index in [1.165, 1.54) is 55.2 Å². The molecule has 7 rings (SSSR count). The number of phenolic OH excluding ortho intramolecular Hbond substituents is 1. The number of nitrogens with zero attached hydrogens (tertiary/aromatic N) is 1. The van der Waals surface area contributed by atoms with Crippen molar-refractivity contribution in [1.29, 1.82) is 0 Å². The molecule has 0 spiro atoms. The van der Waals surface area contributed by atoms with Gasteiger partial charge in [0.15, 0.2) is 0 Å². The van der Waals surface area contributed by atoms with Crippen LogP contribution in [0.2, 0.25) is 0 Å². The van der Waals surface area contributed by atoms with Gasteiger partial charge in [-0.05, 0) is 98.3 Å². The minimum absolute atomic E-state index is 0.152. The summed E-state index contributed by atoms with van der Waals surface area (Å²) in [4.78, 5) is 4.93. The molecule has 0 amide bonds. The average Bonchev–Trinajstić information content (AvgIpc) is 2.87. The molecular weight excluding hydrogens is 442 g/mol. The van der Waals surface area contributed by atoms with E-state index in [1.54, 1.807) is 7.11 Å². The number of methoxy groups -OCH3 is 1. The minimum atomic E-state index is 0.152. The first kappa shape index (κ1) is 23.3. The number of aliphatic imine (C=N–C) groups is 1. The zero-order chi connectivity index (χ0) is 24.9. The molecule has 0 atom stereocenters. The van der Waals surface area contributed by atoms with Gasteiger partial charge in [-0.1, -0.05) is 49.4 Å². The number of rotatable bonds is 6. The van der Waals surface area contributed by atoms with E-state index in [0.717, 1.165) is 52.3 Å². The Hall–Kier alpha value is -3.07. The summed E-state index contributed by atoms with van der Waals surface area (Å²) in [5.41, 5.74) is 7.50. The Morgan fingerprint density at radius 1 is 0.944 bits per heavy atom. The van der Waals surface area contributed by atoms with E-state index >= 15 is 0 Å². The number of aryl methyl sites for hydroxylation is 2. The molecular formula is C33H37NO2. The lowest BCUT2D eigenvalue weighted by Gasteiger charge is -2.57. The van der Waals surface area contributed by atoms with Crippen molar-refractivity contribution in [3.05, 3.63) is 76.9 Å². The summed E-state index contributed by atoms with van der Waals surface area (Å²) in [6.07, 6.45) is 10.7. The van der Waals surface area contributed by atoms with Crippen molar-refractivity contribution >= 4 is 11.9 Å². The van der Waals surface area contributed by atoms with Gasteiger partial charge in [-0.25, -0.2) is 0 Å². The Balaban J connectivity index is 1.39. The third kappa shape index (κ3) is 3.93. The number of aromatic hydroxyl groups is 1. The molecule has 3 heteroatoms. The molecule has 0 heterocycles. The predicted molar refractivity (Wildman–Crippen MR) is 148 cm³/mol. The standard InChI is InChI=1S/C33H37NO2/c1-4-25-8-7-10-28(32(25)36-3)27-9-5-6-11-30(27)34-20-26-12-21(2)13-29(31(26)35)33-17-22-14-23(18-33)16-24(15-22)19-33/h5-13,20,22-24,35H,4,14-19H2,1-3H3. The lowest BCUT2D eigenvalue weighted by molar-refractivity contribution is -0.00616. The lowest BCUT2D eigenvalue weighted by atomic mass is 9.48. The van der Waals surface area contributed by atoms with Gasteiger partial charge in [0.2, 0.25) is 0 Å². The van der Waals surface area contributed by atoms with E-state index in [1.807, 2.05) is 24.4 Å². The Labute approximate surface area is 215 Å². The molecule has 3 nitrogen and oxygen atoms in total. The van der Waals surface area contributed by atoms with Crippen molar-refractivity contribution in [3.8, 4) is 22.6 Å². The van der Waals surface area contributed by atoms with Gasteiger partial charge >= 0.3 is 0 Å². The first-order valence-electron chi connectivity index (χ1n) is 13.6. The van der Waals surface area contributed by atoms with Crippen molar-refractivity contribution in [2.45, 2.75) is 64.2 Å². The monoisotopic (exact) mass is 479 g/mol. The van der Waals surface area contributed by atoms with E-state index in [2.05, 4.69) is 50.2 Å². The molecule has 0 unspecified atom stereocenters. The van der Waals surface area contributed by atoms with E-state index in [9.17, 15) is 5.11 Å². The summed E-state index contributed by atoms with van der Waals surface area (Å²) in [6.45, 7) is 4.30. The third-order valence-electron chi connectivity index (χ3n) is 9.11. The fourth-order valence-electron chi connectivity index (χ4n) is 8.02. The van der Waals surface area contributed by atoms with Crippen LogP contribution < -0.4 is 4.74 Å². The summed E-state index contributed by atoms with van der Waals surface area (Å²) in [5, 5.41) is 11.6. The number of ether oxygens (including phenoxy) is 1. The first-order valence-corrected chi connectivity index (χ1v) is 13.6. The van der Waals surface area contributed by atoms with Crippen LogP contribution in [0.1, 0.15) is 67.7 Å². The van der Waals surface area contributed by atoms with Gasteiger partial charge in [-0.2, -0.15) is 0 Å². The van der Waals surface area contributed by atoms with Crippen molar-refractivity contribution in [3.63, 3.8) is 0 Å². The highest BCUT2D eigenvalue weighted by molar-refractivity contribution is 5.90. The van der Waals surface area contributed by atoms with E-state index < -0.39 is 0 Å². The maximum absolute atomic E-state index is 11.6.